The second-order valence-electron chi connectivity index (χ2n) is 4.38. The first-order valence-corrected chi connectivity index (χ1v) is 8.17. The Labute approximate surface area is 137 Å². The number of carbonyl (C=O) groups is 1. The Morgan fingerprint density at radius 1 is 1.09 bits per heavy atom. The van der Waals surface area contributed by atoms with E-state index in [1.165, 1.54) is 0 Å². The van der Waals surface area contributed by atoms with Crippen LogP contribution in [0.1, 0.15) is 10.4 Å². The van der Waals surface area contributed by atoms with Crippen LogP contribution in [0.15, 0.2) is 41.3 Å². The van der Waals surface area contributed by atoms with Crippen molar-refractivity contribution >= 4 is 50.5 Å². The summed E-state index contributed by atoms with van der Waals surface area (Å²) in [6.45, 7) is 0. The largest absolute Gasteiger partial charge is 0.398 e. The fourth-order valence-electron chi connectivity index (χ4n) is 1.72. The van der Waals surface area contributed by atoms with Gasteiger partial charge in [-0.15, -0.1) is 0 Å². The Morgan fingerprint density at radius 2 is 1.68 bits per heavy atom. The first-order chi connectivity index (χ1) is 10.2. The third kappa shape index (κ3) is 3.69. The lowest BCUT2D eigenvalue weighted by Crippen LogP contribution is -2.18. The summed E-state index contributed by atoms with van der Waals surface area (Å²) >= 11 is 11.5. The zero-order valence-corrected chi connectivity index (χ0v) is 13.3. The molecule has 116 valence electrons. The molecule has 0 fully saturated rings. The first kappa shape index (κ1) is 16.6. The van der Waals surface area contributed by atoms with Crippen molar-refractivity contribution in [1.29, 1.82) is 0 Å². The van der Waals surface area contributed by atoms with Gasteiger partial charge >= 0.3 is 0 Å². The van der Waals surface area contributed by atoms with Crippen molar-refractivity contribution in [2.45, 2.75) is 4.90 Å². The predicted octanol–water partition coefficient (Wildman–Crippen LogP) is 2.48. The molecule has 5 N–H and O–H groups in total. The number of amides is 1. The summed E-state index contributed by atoms with van der Waals surface area (Å²) in [6, 6.07) is 8.58. The van der Waals surface area contributed by atoms with Crippen molar-refractivity contribution in [2.75, 3.05) is 11.1 Å². The van der Waals surface area contributed by atoms with Crippen LogP contribution in [0.5, 0.6) is 0 Å². The minimum atomic E-state index is -4.07. The highest BCUT2D eigenvalue weighted by molar-refractivity contribution is 7.89. The average molecular weight is 360 g/mol. The Morgan fingerprint density at radius 3 is 2.23 bits per heavy atom. The zero-order valence-electron chi connectivity index (χ0n) is 11.0. The lowest BCUT2D eigenvalue weighted by Gasteiger charge is -2.10. The molecule has 2 aromatic carbocycles. The standard InChI is InChI=1S/C13H11Cl2N3O3S/c14-7-1-3-8(4-2-7)18-13(19)9-5-12(22(17,20)21)10(15)6-11(9)16/h1-6H,16H2,(H,18,19)(H2,17,20,21). The predicted molar refractivity (Wildman–Crippen MR) is 86.6 cm³/mol. The molecule has 1 amide bonds. The molecule has 0 unspecified atom stereocenters. The quantitative estimate of drug-likeness (QED) is 0.729. The van der Waals surface area contributed by atoms with E-state index in [9.17, 15) is 13.2 Å². The number of sulfonamides is 1. The lowest BCUT2D eigenvalue weighted by atomic mass is 10.1. The normalized spacial score (nSPS) is 11.2. The molecule has 9 heteroatoms. The molecule has 0 saturated heterocycles. The lowest BCUT2D eigenvalue weighted by molar-refractivity contribution is 0.102. The van der Waals surface area contributed by atoms with Gasteiger partial charge in [-0.25, -0.2) is 13.6 Å². The molecule has 0 atom stereocenters. The second kappa shape index (κ2) is 6.13. The Kier molecular flexibility index (Phi) is 4.62. The molecular weight excluding hydrogens is 349 g/mol. The molecule has 0 aliphatic carbocycles. The van der Waals surface area contributed by atoms with E-state index in [2.05, 4.69) is 5.32 Å². The maximum absolute atomic E-state index is 12.2. The van der Waals surface area contributed by atoms with E-state index in [-0.39, 0.29) is 21.2 Å². The van der Waals surface area contributed by atoms with Gasteiger partial charge in [0.2, 0.25) is 10.0 Å². The van der Waals surface area contributed by atoms with E-state index in [0.29, 0.717) is 10.7 Å². The molecule has 0 saturated carbocycles. The highest BCUT2D eigenvalue weighted by Crippen LogP contribution is 2.27. The fraction of sp³-hybridized carbons (Fsp3) is 0. The van der Waals surface area contributed by atoms with Crippen molar-refractivity contribution in [2.24, 2.45) is 5.14 Å². The molecule has 2 rings (SSSR count). The van der Waals surface area contributed by atoms with Crippen molar-refractivity contribution in [1.82, 2.24) is 0 Å². The summed E-state index contributed by atoms with van der Waals surface area (Å²) in [5, 5.41) is 7.98. The fourth-order valence-corrected chi connectivity index (χ4v) is 2.95. The summed E-state index contributed by atoms with van der Waals surface area (Å²) in [7, 11) is -4.07. The van der Waals surface area contributed by atoms with Crippen LogP contribution in [-0.4, -0.2) is 14.3 Å². The van der Waals surface area contributed by atoms with Crippen LogP contribution in [0.2, 0.25) is 10.0 Å². The molecule has 0 bridgehead atoms. The number of nitrogens with two attached hydrogens (primary N) is 2. The molecule has 2 aromatic rings. The second-order valence-corrected chi connectivity index (χ2v) is 6.75. The molecular formula is C13H11Cl2N3O3S. The summed E-state index contributed by atoms with van der Waals surface area (Å²) in [5.41, 5.74) is 6.16. The Balaban J connectivity index is 2.39. The summed E-state index contributed by atoms with van der Waals surface area (Å²) < 4.78 is 22.9. The first-order valence-electron chi connectivity index (χ1n) is 5.87. The Hall–Kier alpha value is -1.80. The van der Waals surface area contributed by atoms with E-state index in [4.69, 9.17) is 34.1 Å². The van der Waals surface area contributed by atoms with Gasteiger partial charge in [0.05, 0.1) is 10.6 Å². The molecule has 0 aromatic heterocycles. The minimum Gasteiger partial charge on any atom is -0.398 e. The van der Waals surface area contributed by atoms with Crippen LogP contribution >= 0.6 is 23.2 Å². The number of primary sulfonamides is 1. The molecule has 0 aliphatic rings. The average Bonchev–Trinajstić information content (AvgIpc) is 2.39. The summed E-state index contributed by atoms with van der Waals surface area (Å²) in [6.07, 6.45) is 0. The van der Waals surface area contributed by atoms with Gasteiger partial charge in [0, 0.05) is 16.4 Å². The van der Waals surface area contributed by atoms with Crippen LogP contribution in [0.4, 0.5) is 11.4 Å². The third-order valence-electron chi connectivity index (χ3n) is 2.76. The third-order valence-corrected chi connectivity index (χ3v) is 4.38. The molecule has 22 heavy (non-hydrogen) atoms. The van der Waals surface area contributed by atoms with E-state index in [1.54, 1.807) is 24.3 Å². The number of hydrogen-bond donors (Lipinski definition) is 3. The van der Waals surface area contributed by atoms with Gasteiger partial charge in [0.1, 0.15) is 4.90 Å². The SMILES string of the molecule is Nc1cc(Cl)c(S(N)(=O)=O)cc1C(=O)Nc1ccc(Cl)cc1. The van der Waals surface area contributed by atoms with Crippen LogP contribution < -0.4 is 16.2 Å². The minimum absolute atomic E-state index is 0.0314. The van der Waals surface area contributed by atoms with Crippen molar-refractivity contribution in [3.8, 4) is 0 Å². The van der Waals surface area contributed by atoms with E-state index in [1.807, 2.05) is 0 Å². The number of benzene rings is 2. The number of hydrogen-bond acceptors (Lipinski definition) is 4. The summed E-state index contributed by atoms with van der Waals surface area (Å²) in [5.74, 6) is -0.596. The number of carbonyl (C=O) groups excluding carboxylic acids is 1. The zero-order chi connectivity index (χ0) is 16.5. The van der Waals surface area contributed by atoms with Gasteiger partial charge in [-0.3, -0.25) is 4.79 Å². The van der Waals surface area contributed by atoms with Crippen molar-refractivity contribution in [3.05, 3.63) is 52.0 Å². The molecule has 0 spiro atoms. The summed E-state index contributed by atoms with van der Waals surface area (Å²) in [4.78, 5) is 11.8. The topological polar surface area (TPSA) is 115 Å². The van der Waals surface area contributed by atoms with Gasteiger partial charge in [-0.2, -0.15) is 0 Å². The van der Waals surface area contributed by atoms with Crippen LogP contribution in [-0.2, 0) is 10.0 Å². The number of halogens is 2. The number of anilines is 2. The maximum atomic E-state index is 12.2. The molecule has 6 nitrogen and oxygen atoms in total. The van der Waals surface area contributed by atoms with Gasteiger partial charge in [-0.1, -0.05) is 23.2 Å². The van der Waals surface area contributed by atoms with Crippen LogP contribution in [0.3, 0.4) is 0 Å². The van der Waals surface area contributed by atoms with Crippen LogP contribution in [0.25, 0.3) is 0 Å². The molecule has 0 aliphatic heterocycles. The van der Waals surface area contributed by atoms with Crippen molar-refractivity contribution in [3.63, 3.8) is 0 Å². The number of rotatable bonds is 3. The smallest absolute Gasteiger partial charge is 0.257 e. The van der Waals surface area contributed by atoms with Gasteiger partial charge in [0.15, 0.2) is 0 Å². The number of nitrogens with one attached hydrogen (secondary N) is 1. The molecule has 0 radical (unpaired) electrons. The number of nitrogen functional groups attached to an aromatic ring is 1. The van der Waals surface area contributed by atoms with Gasteiger partial charge < -0.3 is 11.1 Å². The monoisotopic (exact) mass is 359 g/mol. The van der Waals surface area contributed by atoms with Crippen molar-refractivity contribution < 1.29 is 13.2 Å². The Bertz CT molecular complexity index is 836. The van der Waals surface area contributed by atoms with Gasteiger partial charge in [-0.05, 0) is 36.4 Å². The van der Waals surface area contributed by atoms with Crippen LogP contribution in [0, 0.1) is 0 Å². The van der Waals surface area contributed by atoms with E-state index in [0.717, 1.165) is 12.1 Å². The van der Waals surface area contributed by atoms with Gasteiger partial charge in [0.25, 0.3) is 5.91 Å². The highest BCUT2D eigenvalue weighted by atomic mass is 35.5. The van der Waals surface area contributed by atoms with E-state index < -0.39 is 15.9 Å². The van der Waals surface area contributed by atoms with E-state index >= 15 is 0 Å². The molecule has 0 heterocycles. The maximum Gasteiger partial charge on any atom is 0.257 e. The highest BCUT2D eigenvalue weighted by Gasteiger charge is 2.19.